The molecular formula is C21H35NO2. The number of hydrogen-bond acceptors (Lipinski definition) is 3. The van der Waals surface area contributed by atoms with Crippen LogP contribution in [0.3, 0.4) is 0 Å². The lowest BCUT2D eigenvalue weighted by atomic mass is 9.56. The van der Waals surface area contributed by atoms with E-state index in [1.54, 1.807) is 25.3 Å². The third-order valence-electron chi connectivity index (χ3n) is 6.13. The summed E-state index contributed by atoms with van der Waals surface area (Å²) in [6.45, 7) is 6.14. The molecule has 1 fully saturated rings. The number of rotatable bonds is 3. The van der Waals surface area contributed by atoms with Crippen molar-refractivity contribution in [1.82, 2.24) is 0 Å². The quantitative estimate of drug-likeness (QED) is 0.877. The van der Waals surface area contributed by atoms with Crippen LogP contribution in [0.1, 0.15) is 69.4 Å². The molecule has 0 saturated heterocycles. The second kappa shape index (κ2) is 8.87. The van der Waals surface area contributed by atoms with Crippen molar-refractivity contribution in [2.24, 2.45) is 11.7 Å². The Hall–Kier alpha value is -1.06. The van der Waals surface area contributed by atoms with Crippen LogP contribution in [-0.4, -0.2) is 27.4 Å². The standard InChI is InChI=1S/C18H26O.C3H9NO/c1-13-9-11-18(10-5-4-6-14(18)2)17-12-15(19-3)7-8-16(13)17;1-5-3-2-4/h7-8,12-14H,4-6,9-11H2,1-3H3;2-4H2,1H3/t13?,14-,18-;/m1./s1. The molecule has 3 nitrogen and oxygen atoms in total. The van der Waals surface area contributed by atoms with Crippen LogP contribution in [0.15, 0.2) is 18.2 Å². The van der Waals surface area contributed by atoms with Gasteiger partial charge < -0.3 is 15.2 Å². The van der Waals surface area contributed by atoms with Crippen LogP contribution in [0.25, 0.3) is 0 Å². The minimum atomic E-state index is 0.439. The van der Waals surface area contributed by atoms with Crippen LogP contribution >= 0.6 is 0 Å². The zero-order chi connectivity index (χ0) is 17.6. The lowest BCUT2D eigenvalue weighted by Gasteiger charge is -2.48. The summed E-state index contributed by atoms with van der Waals surface area (Å²) in [6.07, 6.45) is 8.30. The van der Waals surface area contributed by atoms with Gasteiger partial charge in [-0.15, -0.1) is 0 Å². The van der Waals surface area contributed by atoms with Crippen LogP contribution in [0, 0.1) is 5.92 Å². The summed E-state index contributed by atoms with van der Waals surface area (Å²) in [6, 6.07) is 6.80. The maximum atomic E-state index is 5.48. The molecule has 0 heterocycles. The summed E-state index contributed by atoms with van der Waals surface area (Å²) in [4.78, 5) is 0. The zero-order valence-electron chi connectivity index (χ0n) is 15.9. The number of methoxy groups -OCH3 is 2. The van der Waals surface area contributed by atoms with E-state index in [0.29, 0.717) is 24.5 Å². The lowest BCUT2D eigenvalue weighted by molar-refractivity contribution is 0.167. The largest absolute Gasteiger partial charge is 0.497 e. The van der Waals surface area contributed by atoms with Gasteiger partial charge in [0.25, 0.3) is 0 Å². The van der Waals surface area contributed by atoms with Crippen LogP contribution in [0.4, 0.5) is 0 Å². The smallest absolute Gasteiger partial charge is 0.119 e. The molecule has 136 valence electrons. The van der Waals surface area contributed by atoms with Gasteiger partial charge in [0.05, 0.1) is 13.7 Å². The first-order chi connectivity index (χ1) is 11.6. The van der Waals surface area contributed by atoms with Crippen molar-refractivity contribution < 1.29 is 9.47 Å². The molecule has 0 amide bonds. The van der Waals surface area contributed by atoms with E-state index in [2.05, 4.69) is 36.8 Å². The van der Waals surface area contributed by atoms with E-state index in [-0.39, 0.29) is 0 Å². The van der Waals surface area contributed by atoms with E-state index in [4.69, 9.17) is 10.5 Å². The highest BCUT2D eigenvalue weighted by molar-refractivity contribution is 5.45. The van der Waals surface area contributed by atoms with Crippen molar-refractivity contribution in [3.63, 3.8) is 0 Å². The molecule has 0 aromatic heterocycles. The third kappa shape index (κ3) is 3.94. The minimum absolute atomic E-state index is 0.439. The van der Waals surface area contributed by atoms with Crippen LogP contribution < -0.4 is 10.5 Å². The Morgan fingerprint density at radius 3 is 2.50 bits per heavy atom. The highest BCUT2D eigenvalue weighted by atomic mass is 16.5. The fourth-order valence-electron chi connectivity index (χ4n) is 4.59. The van der Waals surface area contributed by atoms with Gasteiger partial charge in [-0.2, -0.15) is 0 Å². The van der Waals surface area contributed by atoms with E-state index in [0.717, 1.165) is 11.7 Å². The van der Waals surface area contributed by atoms with Crippen molar-refractivity contribution in [2.75, 3.05) is 27.4 Å². The summed E-state index contributed by atoms with van der Waals surface area (Å²) in [5.74, 6) is 2.56. The van der Waals surface area contributed by atoms with E-state index in [9.17, 15) is 0 Å². The predicted octanol–water partition coefficient (Wildman–Crippen LogP) is 4.63. The van der Waals surface area contributed by atoms with E-state index in [1.807, 2.05) is 0 Å². The molecule has 2 aliphatic rings. The first-order valence-electron chi connectivity index (χ1n) is 9.46. The monoisotopic (exact) mass is 333 g/mol. The Morgan fingerprint density at radius 1 is 1.12 bits per heavy atom. The normalized spacial score (nSPS) is 28.7. The molecule has 1 unspecified atom stereocenters. The molecule has 2 aliphatic carbocycles. The van der Waals surface area contributed by atoms with Gasteiger partial charge >= 0.3 is 0 Å². The summed E-state index contributed by atoms with van der Waals surface area (Å²) < 4.78 is 10.1. The van der Waals surface area contributed by atoms with Crippen molar-refractivity contribution in [3.05, 3.63) is 29.3 Å². The minimum Gasteiger partial charge on any atom is -0.497 e. The SMILES string of the molecule is COCCN.COc1ccc2c(c1)[C@]1(CCCC[C@H]1C)CCC2C. The summed E-state index contributed by atoms with van der Waals surface area (Å²) >= 11 is 0. The van der Waals surface area contributed by atoms with Crippen molar-refractivity contribution in [1.29, 1.82) is 0 Å². The maximum absolute atomic E-state index is 5.48. The molecule has 0 aliphatic heterocycles. The predicted molar refractivity (Wildman–Crippen MR) is 101 cm³/mol. The van der Waals surface area contributed by atoms with Crippen molar-refractivity contribution in [3.8, 4) is 5.75 Å². The number of nitrogens with two attached hydrogens (primary N) is 1. The number of fused-ring (bicyclic) bond motifs is 2. The van der Waals surface area contributed by atoms with Crippen LogP contribution in [-0.2, 0) is 10.2 Å². The number of hydrogen-bond donors (Lipinski definition) is 1. The molecule has 3 heteroatoms. The second-order valence-electron chi connectivity index (χ2n) is 7.48. The third-order valence-corrected chi connectivity index (χ3v) is 6.13. The molecule has 3 rings (SSSR count). The van der Waals surface area contributed by atoms with Crippen molar-refractivity contribution in [2.45, 2.75) is 63.7 Å². The first kappa shape index (κ1) is 19.3. The van der Waals surface area contributed by atoms with Gasteiger partial charge in [0.1, 0.15) is 5.75 Å². The topological polar surface area (TPSA) is 44.5 Å². The van der Waals surface area contributed by atoms with Gasteiger partial charge in [0.2, 0.25) is 0 Å². The number of benzene rings is 1. The van der Waals surface area contributed by atoms with E-state index >= 15 is 0 Å². The summed E-state index contributed by atoms with van der Waals surface area (Å²) in [5, 5.41) is 0. The second-order valence-corrected chi connectivity index (χ2v) is 7.48. The Balaban J connectivity index is 0.000000368. The molecule has 24 heavy (non-hydrogen) atoms. The molecule has 1 saturated carbocycles. The van der Waals surface area contributed by atoms with Crippen LogP contribution in [0.5, 0.6) is 5.75 Å². The average Bonchev–Trinajstić information content (AvgIpc) is 2.61. The van der Waals surface area contributed by atoms with E-state index < -0.39 is 0 Å². The molecule has 0 radical (unpaired) electrons. The zero-order valence-corrected chi connectivity index (χ0v) is 15.9. The van der Waals surface area contributed by atoms with Crippen molar-refractivity contribution >= 4 is 0 Å². The molecule has 1 aromatic rings. The van der Waals surface area contributed by atoms with E-state index in [1.165, 1.54) is 38.5 Å². The molecule has 1 aromatic carbocycles. The first-order valence-corrected chi connectivity index (χ1v) is 9.46. The molecule has 0 bridgehead atoms. The summed E-state index contributed by atoms with van der Waals surface area (Å²) in [7, 11) is 3.41. The Labute approximate surface area is 147 Å². The van der Waals surface area contributed by atoms with Crippen LogP contribution in [0.2, 0.25) is 0 Å². The van der Waals surface area contributed by atoms with Gasteiger partial charge in [-0.25, -0.2) is 0 Å². The van der Waals surface area contributed by atoms with Gasteiger partial charge in [-0.1, -0.05) is 32.8 Å². The molecular weight excluding hydrogens is 298 g/mol. The fraction of sp³-hybridized carbons (Fsp3) is 0.714. The summed E-state index contributed by atoms with van der Waals surface area (Å²) in [5.41, 5.74) is 8.65. The Bertz CT molecular complexity index is 515. The Morgan fingerprint density at radius 2 is 1.92 bits per heavy atom. The fourth-order valence-corrected chi connectivity index (χ4v) is 4.59. The maximum Gasteiger partial charge on any atom is 0.119 e. The molecule has 2 N–H and O–H groups in total. The molecule has 1 spiro atoms. The van der Waals surface area contributed by atoms with Gasteiger partial charge in [0, 0.05) is 13.7 Å². The highest BCUT2D eigenvalue weighted by Gasteiger charge is 2.43. The van der Waals surface area contributed by atoms with Gasteiger partial charge in [-0.05, 0) is 66.2 Å². The number of ether oxygens (including phenoxy) is 2. The average molecular weight is 334 g/mol. The molecule has 3 atom stereocenters. The lowest BCUT2D eigenvalue weighted by Crippen LogP contribution is -2.40. The van der Waals surface area contributed by atoms with Gasteiger partial charge in [0.15, 0.2) is 0 Å². The highest BCUT2D eigenvalue weighted by Crippen LogP contribution is 2.53. The van der Waals surface area contributed by atoms with Gasteiger partial charge in [-0.3, -0.25) is 0 Å². The Kier molecular flexibility index (Phi) is 7.12.